The lowest BCUT2D eigenvalue weighted by Gasteiger charge is -2.30. The third-order valence-corrected chi connectivity index (χ3v) is 6.81. The number of hydrazone groups is 1. The second-order valence-corrected chi connectivity index (χ2v) is 9.85. The first kappa shape index (κ1) is 23.9. The molecule has 0 unspecified atom stereocenters. The van der Waals surface area contributed by atoms with Crippen LogP contribution in [0.5, 0.6) is 5.75 Å². The first-order valence-electron chi connectivity index (χ1n) is 11.4. The molecule has 0 spiro atoms. The molecule has 2 saturated heterocycles. The van der Waals surface area contributed by atoms with Crippen molar-refractivity contribution in [3.63, 3.8) is 0 Å². The number of rotatable bonds is 8. The Morgan fingerprint density at radius 2 is 1.45 bits per heavy atom. The van der Waals surface area contributed by atoms with Crippen molar-refractivity contribution in [3.8, 4) is 5.75 Å². The topological polar surface area (TPSA) is 78.8 Å². The van der Waals surface area contributed by atoms with Crippen LogP contribution in [0.3, 0.4) is 0 Å². The molecule has 1 aromatic heterocycles. The van der Waals surface area contributed by atoms with E-state index in [2.05, 4.69) is 68.7 Å². The van der Waals surface area contributed by atoms with Crippen molar-refractivity contribution in [1.82, 2.24) is 15.0 Å². The van der Waals surface area contributed by atoms with Gasteiger partial charge in [-0.1, -0.05) is 12.7 Å². The van der Waals surface area contributed by atoms with E-state index < -0.39 is 0 Å². The zero-order valence-corrected chi connectivity index (χ0v) is 21.8. The molecule has 33 heavy (non-hydrogen) atoms. The number of benzene rings is 1. The molecule has 0 aliphatic carbocycles. The molecule has 1 aromatic carbocycles. The van der Waals surface area contributed by atoms with Gasteiger partial charge in [-0.05, 0) is 88.1 Å². The van der Waals surface area contributed by atoms with Gasteiger partial charge in [-0.3, -0.25) is 0 Å². The molecule has 0 bridgehead atoms. The fraction of sp³-hybridized carbons (Fsp3) is 0.478. The minimum absolute atomic E-state index is 0.435. The van der Waals surface area contributed by atoms with Crippen molar-refractivity contribution in [2.45, 2.75) is 38.5 Å². The van der Waals surface area contributed by atoms with E-state index in [1.165, 1.54) is 38.5 Å². The van der Waals surface area contributed by atoms with Gasteiger partial charge >= 0.3 is 0 Å². The number of hydrogen-bond acceptors (Lipinski definition) is 8. The Morgan fingerprint density at radius 3 is 1.97 bits per heavy atom. The molecule has 1 N–H and O–H groups in total. The quantitative estimate of drug-likeness (QED) is 0.256. The van der Waals surface area contributed by atoms with E-state index in [9.17, 15) is 0 Å². The molecule has 0 radical (unpaired) electrons. The molecular formula is C23H29Br2N7O. The van der Waals surface area contributed by atoms with Crippen LogP contribution in [-0.4, -0.2) is 54.0 Å². The molecule has 3 heterocycles. The molecule has 176 valence electrons. The van der Waals surface area contributed by atoms with E-state index in [0.29, 0.717) is 12.6 Å². The highest BCUT2D eigenvalue weighted by molar-refractivity contribution is 9.11. The summed E-state index contributed by atoms with van der Waals surface area (Å²) >= 11 is 7.11. The molecule has 2 aliphatic rings. The Morgan fingerprint density at radius 1 is 0.909 bits per heavy atom. The number of aromatic nitrogens is 3. The van der Waals surface area contributed by atoms with Gasteiger partial charge in [0, 0.05) is 26.2 Å². The Kier molecular flexibility index (Phi) is 8.55. The van der Waals surface area contributed by atoms with Crippen molar-refractivity contribution in [2.24, 2.45) is 5.10 Å². The van der Waals surface area contributed by atoms with Gasteiger partial charge in [-0.2, -0.15) is 20.1 Å². The van der Waals surface area contributed by atoms with Gasteiger partial charge in [-0.25, -0.2) is 5.43 Å². The highest BCUT2D eigenvalue weighted by atomic mass is 79.9. The molecule has 10 heteroatoms. The van der Waals surface area contributed by atoms with Crippen LogP contribution < -0.4 is 20.0 Å². The molecule has 2 fully saturated rings. The van der Waals surface area contributed by atoms with Crippen LogP contribution in [-0.2, 0) is 0 Å². The highest BCUT2D eigenvalue weighted by Crippen LogP contribution is 2.34. The number of nitrogens with zero attached hydrogens (tertiary/aromatic N) is 6. The third-order valence-electron chi connectivity index (χ3n) is 5.63. The van der Waals surface area contributed by atoms with Gasteiger partial charge in [0.2, 0.25) is 17.8 Å². The lowest BCUT2D eigenvalue weighted by Crippen LogP contribution is -2.34. The number of halogens is 2. The second kappa shape index (κ2) is 11.8. The summed E-state index contributed by atoms with van der Waals surface area (Å²) in [6.45, 7) is 8.04. The van der Waals surface area contributed by atoms with E-state index in [1.54, 1.807) is 12.3 Å². The first-order valence-corrected chi connectivity index (χ1v) is 13.0. The monoisotopic (exact) mass is 577 g/mol. The predicted molar refractivity (Wildman–Crippen MR) is 141 cm³/mol. The molecule has 0 amide bonds. The Bertz CT molecular complexity index is 930. The highest BCUT2D eigenvalue weighted by Gasteiger charge is 2.20. The normalized spacial score (nSPS) is 16.8. The third kappa shape index (κ3) is 6.44. The summed E-state index contributed by atoms with van der Waals surface area (Å²) in [5.41, 5.74) is 3.92. The summed E-state index contributed by atoms with van der Waals surface area (Å²) in [7, 11) is 0. The molecule has 0 atom stereocenters. The summed E-state index contributed by atoms with van der Waals surface area (Å²) in [5, 5.41) is 4.39. The zero-order valence-electron chi connectivity index (χ0n) is 18.6. The molecule has 2 aliphatic heterocycles. The first-order chi connectivity index (χ1) is 16.1. The molecule has 0 saturated carbocycles. The fourth-order valence-electron chi connectivity index (χ4n) is 3.97. The Labute approximate surface area is 211 Å². The van der Waals surface area contributed by atoms with Gasteiger partial charge in [0.1, 0.15) is 12.4 Å². The van der Waals surface area contributed by atoms with E-state index >= 15 is 0 Å². The maximum atomic E-state index is 5.68. The van der Waals surface area contributed by atoms with Crippen molar-refractivity contribution >= 4 is 55.9 Å². The molecule has 4 rings (SSSR count). The minimum atomic E-state index is 0.435. The average Bonchev–Trinajstić information content (AvgIpc) is 2.84. The SMILES string of the molecule is C=CCOc1c(Br)cc(/C=N\Nc2nc(N3CCCCC3)nc(N3CCCCC3)n2)cc1Br. The Balaban J connectivity index is 1.52. The number of hydrogen-bond donors (Lipinski definition) is 1. The summed E-state index contributed by atoms with van der Waals surface area (Å²) in [5.74, 6) is 2.66. The smallest absolute Gasteiger partial charge is 0.250 e. The maximum Gasteiger partial charge on any atom is 0.250 e. The van der Waals surface area contributed by atoms with Crippen LogP contribution in [0.15, 0.2) is 38.8 Å². The standard InChI is InChI=1S/C23H29Br2N7O/c1-2-13-33-20-18(24)14-17(15-19(20)25)16-26-30-21-27-22(31-9-5-3-6-10-31)29-23(28-21)32-11-7-4-8-12-32/h2,14-16H,1,3-13H2,(H,27,28,29,30)/b26-16-. The summed E-state index contributed by atoms with van der Waals surface area (Å²) in [6, 6.07) is 3.89. The summed E-state index contributed by atoms with van der Waals surface area (Å²) in [4.78, 5) is 18.7. The van der Waals surface area contributed by atoms with Crippen LogP contribution in [0.2, 0.25) is 0 Å². The molecule has 8 nitrogen and oxygen atoms in total. The van der Waals surface area contributed by atoms with E-state index in [-0.39, 0.29) is 0 Å². The molecule has 2 aromatic rings. The van der Waals surface area contributed by atoms with Gasteiger partial charge in [0.05, 0.1) is 15.2 Å². The van der Waals surface area contributed by atoms with Gasteiger partial charge in [0.15, 0.2) is 0 Å². The van der Waals surface area contributed by atoms with Crippen molar-refractivity contribution in [1.29, 1.82) is 0 Å². The van der Waals surface area contributed by atoms with Crippen LogP contribution in [0.4, 0.5) is 17.8 Å². The van der Waals surface area contributed by atoms with Crippen LogP contribution in [0.25, 0.3) is 0 Å². The number of ether oxygens (including phenoxy) is 1. The van der Waals surface area contributed by atoms with E-state index in [0.717, 1.165) is 58.3 Å². The number of nitrogens with one attached hydrogen (secondary N) is 1. The van der Waals surface area contributed by atoms with Crippen LogP contribution in [0.1, 0.15) is 44.1 Å². The number of anilines is 3. The van der Waals surface area contributed by atoms with Crippen molar-refractivity contribution in [3.05, 3.63) is 39.3 Å². The minimum Gasteiger partial charge on any atom is -0.487 e. The van der Waals surface area contributed by atoms with Crippen molar-refractivity contribution in [2.75, 3.05) is 48.0 Å². The average molecular weight is 579 g/mol. The maximum absolute atomic E-state index is 5.68. The zero-order chi connectivity index (χ0) is 23.0. The van der Waals surface area contributed by atoms with E-state index in [1.807, 2.05) is 12.1 Å². The van der Waals surface area contributed by atoms with Gasteiger partial charge < -0.3 is 14.5 Å². The molecular weight excluding hydrogens is 550 g/mol. The van der Waals surface area contributed by atoms with Crippen LogP contribution >= 0.6 is 31.9 Å². The van der Waals surface area contributed by atoms with E-state index in [4.69, 9.17) is 9.72 Å². The van der Waals surface area contributed by atoms with Gasteiger partial charge in [0.25, 0.3) is 0 Å². The van der Waals surface area contributed by atoms with Gasteiger partial charge in [-0.15, -0.1) is 0 Å². The Hall–Kier alpha value is -2.20. The second-order valence-electron chi connectivity index (χ2n) is 8.14. The summed E-state index contributed by atoms with van der Waals surface area (Å²) in [6.07, 6.45) is 10.6. The number of piperidine rings is 2. The fourth-order valence-corrected chi connectivity index (χ4v) is 5.42. The lowest BCUT2D eigenvalue weighted by atomic mass is 10.1. The summed E-state index contributed by atoms with van der Waals surface area (Å²) < 4.78 is 7.35. The predicted octanol–water partition coefficient (Wildman–Crippen LogP) is 5.39. The lowest BCUT2D eigenvalue weighted by molar-refractivity contribution is 0.358. The van der Waals surface area contributed by atoms with Crippen molar-refractivity contribution < 1.29 is 4.74 Å². The largest absolute Gasteiger partial charge is 0.487 e. The van der Waals surface area contributed by atoms with Crippen LogP contribution in [0, 0.1) is 0 Å².